The molecule has 2 aromatic carbocycles. The van der Waals surface area contributed by atoms with Gasteiger partial charge in [-0.1, -0.05) is 24.3 Å². The molecule has 1 aromatic heterocycles. The normalized spacial score (nSPS) is 10.7. The van der Waals surface area contributed by atoms with Crippen molar-refractivity contribution in [2.75, 3.05) is 14.2 Å². The average molecular weight is 311 g/mol. The van der Waals surface area contributed by atoms with E-state index in [9.17, 15) is 4.79 Å². The minimum Gasteiger partial charge on any atom is -0.493 e. The van der Waals surface area contributed by atoms with Gasteiger partial charge in [-0.15, -0.1) is 0 Å². The number of H-pyrrole nitrogens is 1. The summed E-state index contributed by atoms with van der Waals surface area (Å²) >= 11 is 0. The van der Waals surface area contributed by atoms with Crippen LogP contribution in [0.1, 0.15) is 5.56 Å². The molecule has 6 nitrogen and oxygen atoms in total. The van der Waals surface area contributed by atoms with Gasteiger partial charge in [0.25, 0.3) is 5.56 Å². The fourth-order valence-electron chi connectivity index (χ4n) is 2.51. The van der Waals surface area contributed by atoms with Crippen LogP contribution in [0.4, 0.5) is 0 Å². The molecule has 1 heterocycles. The van der Waals surface area contributed by atoms with Crippen LogP contribution in [-0.4, -0.2) is 24.4 Å². The number of methoxy groups -OCH3 is 2. The molecule has 0 saturated heterocycles. The summed E-state index contributed by atoms with van der Waals surface area (Å²) in [5.41, 5.74) is 7.94. The predicted molar refractivity (Wildman–Crippen MR) is 88.8 cm³/mol. The third-order valence-corrected chi connectivity index (χ3v) is 3.76. The molecule has 3 rings (SSSR count). The predicted octanol–water partition coefficient (Wildman–Crippen LogP) is 2.07. The third kappa shape index (κ3) is 2.64. The summed E-state index contributed by atoms with van der Waals surface area (Å²) < 4.78 is 10.6. The van der Waals surface area contributed by atoms with E-state index in [1.807, 2.05) is 24.3 Å². The fraction of sp³-hybridized carbons (Fsp3) is 0.176. The van der Waals surface area contributed by atoms with Gasteiger partial charge in [0.1, 0.15) is 0 Å². The molecule has 0 atom stereocenters. The highest BCUT2D eigenvalue weighted by atomic mass is 16.5. The Morgan fingerprint density at radius 3 is 2.22 bits per heavy atom. The van der Waals surface area contributed by atoms with Crippen molar-refractivity contribution in [1.82, 2.24) is 10.2 Å². The minimum absolute atomic E-state index is 0.275. The molecule has 0 unspecified atom stereocenters. The van der Waals surface area contributed by atoms with Crippen molar-refractivity contribution in [2.45, 2.75) is 6.54 Å². The number of rotatable bonds is 4. The molecule has 0 bridgehead atoms. The molecule has 0 amide bonds. The van der Waals surface area contributed by atoms with Crippen LogP contribution in [0, 0.1) is 0 Å². The Bertz CT molecular complexity index is 901. The number of hydrogen-bond donors (Lipinski definition) is 2. The van der Waals surface area contributed by atoms with Crippen LogP contribution in [0.15, 0.2) is 41.2 Å². The highest BCUT2D eigenvalue weighted by Crippen LogP contribution is 2.34. The number of ether oxygens (including phenoxy) is 2. The van der Waals surface area contributed by atoms with Gasteiger partial charge >= 0.3 is 0 Å². The molecule has 0 aliphatic heterocycles. The summed E-state index contributed by atoms with van der Waals surface area (Å²) in [5, 5.41) is 7.93. The van der Waals surface area contributed by atoms with E-state index in [4.69, 9.17) is 15.2 Å². The second-order valence-corrected chi connectivity index (χ2v) is 5.06. The lowest BCUT2D eigenvalue weighted by molar-refractivity contribution is 0.356. The van der Waals surface area contributed by atoms with E-state index < -0.39 is 0 Å². The van der Waals surface area contributed by atoms with Crippen LogP contribution in [0.3, 0.4) is 0 Å². The number of nitrogens with two attached hydrogens (primary N) is 1. The number of hydrogen-bond acceptors (Lipinski definition) is 5. The molecule has 0 fully saturated rings. The van der Waals surface area contributed by atoms with Gasteiger partial charge in [-0.25, -0.2) is 5.10 Å². The third-order valence-electron chi connectivity index (χ3n) is 3.76. The molecule has 0 radical (unpaired) electrons. The highest BCUT2D eigenvalue weighted by molar-refractivity contribution is 5.95. The van der Waals surface area contributed by atoms with Gasteiger partial charge < -0.3 is 15.2 Å². The molecule has 118 valence electrons. The lowest BCUT2D eigenvalue weighted by atomic mass is 10.0. The van der Waals surface area contributed by atoms with E-state index in [1.165, 1.54) is 7.11 Å². The average Bonchev–Trinajstić information content (AvgIpc) is 2.61. The molecule has 0 saturated carbocycles. The van der Waals surface area contributed by atoms with Crippen molar-refractivity contribution in [2.24, 2.45) is 5.73 Å². The fourth-order valence-corrected chi connectivity index (χ4v) is 2.51. The maximum absolute atomic E-state index is 12.1. The van der Waals surface area contributed by atoms with Crippen molar-refractivity contribution in [1.29, 1.82) is 0 Å². The second-order valence-electron chi connectivity index (χ2n) is 5.06. The van der Waals surface area contributed by atoms with E-state index in [0.717, 1.165) is 11.1 Å². The number of aromatic nitrogens is 2. The largest absolute Gasteiger partial charge is 0.493 e. The van der Waals surface area contributed by atoms with Gasteiger partial charge in [-0.3, -0.25) is 4.79 Å². The zero-order valence-corrected chi connectivity index (χ0v) is 12.9. The first-order valence-corrected chi connectivity index (χ1v) is 7.11. The van der Waals surface area contributed by atoms with Gasteiger partial charge in [0.05, 0.1) is 25.3 Å². The Morgan fingerprint density at radius 1 is 1.04 bits per heavy atom. The van der Waals surface area contributed by atoms with Crippen molar-refractivity contribution in [3.63, 3.8) is 0 Å². The highest BCUT2D eigenvalue weighted by Gasteiger charge is 2.14. The van der Waals surface area contributed by atoms with Crippen LogP contribution in [-0.2, 0) is 6.54 Å². The molecular weight excluding hydrogens is 294 g/mol. The van der Waals surface area contributed by atoms with E-state index in [2.05, 4.69) is 10.2 Å². The van der Waals surface area contributed by atoms with Crippen LogP contribution >= 0.6 is 0 Å². The molecule has 6 heteroatoms. The van der Waals surface area contributed by atoms with E-state index in [1.54, 1.807) is 19.2 Å². The first kappa shape index (κ1) is 15.1. The lowest BCUT2D eigenvalue weighted by Crippen LogP contribution is -2.10. The SMILES string of the molecule is COc1cc2c(-c3ccc(CN)cc3)n[nH]c(=O)c2cc1OC. The number of nitrogens with one attached hydrogen (secondary N) is 1. The Kier molecular flexibility index (Phi) is 3.99. The standard InChI is InChI=1S/C17H17N3O3/c1-22-14-7-12-13(8-15(14)23-2)17(21)20-19-16(12)11-5-3-10(9-18)4-6-11/h3-8H,9,18H2,1-2H3,(H,20,21). The van der Waals surface area contributed by atoms with Gasteiger partial charge in [0, 0.05) is 17.5 Å². The molecule has 0 aliphatic carbocycles. The summed E-state index contributed by atoms with van der Waals surface area (Å²) in [6.45, 7) is 0.477. The molecule has 0 aliphatic rings. The second kappa shape index (κ2) is 6.10. The molecular formula is C17H17N3O3. The summed E-state index contributed by atoms with van der Waals surface area (Å²) in [6, 6.07) is 11.2. The zero-order valence-electron chi connectivity index (χ0n) is 12.9. The maximum Gasteiger partial charge on any atom is 0.272 e. The quantitative estimate of drug-likeness (QED) is 0.770. The van der Waals surface area contributed by atoms with Crippen molar-refractivity contribution in [3.8, 4) is 22.8 Å². The first-order valence-electron chi connectivity index (χ1n) is 7.11. The Balaban J connectivity index is 2.28. The molecule has 0 spiro atoms. The molecule has 3 N–H and O–H groups in total. The summed E-state index contributed by atoms with van der Waals surface area (Å²) in [4.78, 5) is 12.1. The number of fused-ring (bicyclic) bond motifs is 1. The van der Waals surface area contributed by atoms with E-state index in [0.29, 0.717) is 34.5 Å². The van der Waals surface area contributed by atoms with E-state index >= 15 is 0 Å². The Morgan fingerprint density at radius 2 is 1.65 bits per heavy atom. The van der Waals surface area contributed by atoms with Gasteiger partial charge in [-0.2, -0.15) is 5.10 Å². The molecule has 23 heavy (non-hydrogen) atoms. The number of aromatic amines is 1. The lowest BCUT2D eigenvalue weighted by Gasteiger charge is -2.11. The van der Waals surface area contributed by atoms with E-state index in [-0.39, 0.29) is 5.56 Å². The van der Waals surface area contributed by atoms with Crippen LogP contribution in [0.2, 0.25) is 0 Å². The monoisotopic (exact) mass is 311 g/mol. The minimum atomic E-state index is -0.275. The topological polar surface area (TPSA) is 90.2 Å². The number of nitrogens with zero attached hydrogens (tertiary/aromatic N) is 1. The van der Waals surface area contributed by atoms with Crippen molar-refractivity contribution < 1.29 is 9.47 Å². The van der Waals surface area contributed by atoms with Crippen LogP contribution in [0.5, 0.6) is 11.5 Å². The maximum atomic E-state index is 12.1. The van der Waals surface area contributed by atoms with Crippen molar-refractivity contribution >= 4 is 10.8 Å². The Labute approximate surface area is 132 Å². The van der Waals surface area contributed by atoms with Crippen LogP contribution < -0.4 is 20.8 Å². The zero-order chi connectivity index (χ0) is 16.4. The van der Waals surface area contributed by atoms with Gasteiger partial charge in [-0.05, 0) is 17.7 Å². The van der Waals surface area contributed by atoms with Gasteiger partial charge in [0.2, 0.25) is 0 Å². The van der Waals surface area contributed by atoms with Crippen LogP contribution in [0.25, 0.3) is 22.0 Å². The first-order chi connectivity index (χ1) is 11.2. The summed E-state index contributed by atoms with van der Waals surface area (Å²) in [5.74, 6) is 1.05. The Hall–Kier alpha value is -2.86. The smallest absolute Gasteiger partial charge is 0.272 e. The summed E-state index contributed by atoms with van der Waals surface area (Å²) in [6.07, 6.45) is 0. The molecule has 3 aromatic rings. The summed E-state index contributed by atoms with van der Waals surface area (Å²) in [7, 11) is 3.09. The van der Waals surface area contributed by atoms with Gasteiger partial charge in [0.15, 0.2) is 11.5 Å². The van der Waals surface area contributed by atoms with Crippen molar-refractivity contribution in [3.05, 3.63) is 52.3 Å². The number of benzene rings is 2.